The van der Waals surface area contributed by atoms with Crippen molar-refractivity contribution in [2.24, 2.45) is 0 Å². The number of hydrogen-bond acceptors (Lipinski definition) is 7. The van der Waals surface area contributed by atoms with Gasteiger partial charge in [-0.15, -0.1) is 0 Å². The van der Waals surface area contributed by atoms with E-state index in [4.69, 9.17) is 25.7 Å². The van der Waals surface area contributed by atoms with E-state index in [-0.39, 0.29) is 12.1 Å². The minimum absolute atomic E-state index is 0.0469. The summed E-state index contributed by atoms with van der Waals surface area (Å²) in [6.07, 6.45) is 2.41. The number of fused-ring (bicyclic) bond motifs is 1. The van der Waals surface area contributed by atoms with Gasteiger partial charge in [0.25, 0.3) is 0 Å². The van der Waals surface area contributed by atoms with Crippen molar-refractivity contribution in [1.29, 1.82) is 0 Å². The van der Waals surface area contributed by atoms with Gasteiger partial charge in [0.1, 0.15) is 11.9 Å². The van der Waals surface area contributed by atoms with Crippen LogP contribution in [0, 0.1) is 0 Å². The molecule has 0 saturated carbocycles. The largest absolute Gasteiger partial charge is 0.493 e. The molecule has 0 amide bonds. The molecule has 0 saturated heterocycles. The van der Waals surface area contributed by atoms with E-state index in [1.54, 1.807) is 20.4 Å². The van der Waals surface area contributed by atoms with Gasteiger partial charge in [0.15, 0.2) is 11.5 Å². The first-order valence-electron chi connectivity index (χ1n) is 6.88. The molecular weight excluding hydrogens is 284 g/mol. The number of benzene rings is 1. The van der Waals surface area contributed by atoms with Crippen molar-refractivity contribution >= 4 is 11.8 Å². The van der Waals surface area contributed by atoms with Crippen LogP contribution in [-0.2, 0) is 6.42 Å². The maximum absolute atomic E-state index is 6.00. The van der Waals surface area contributed by atoms with Gasteiger partial charge in [-0.2, -0.15) is 4.98 Å². The normalized spacial score (nSPS) is 16.0. The Hall–Kier alpha value is -2.70. The molecule has 0 aliphatic carbocycles. The molecule has 4 N–H and O–H groups in total. The fraction of sp³-hybridized carbons (Fsp3) is 0.333. The maximum Gasteiger partial charge on any atom is 0.221 e. The standard InChI is InChI=1S/C15H18N4O3/c1-7-4-9-8(10-6-18-15(17)19-14(10)16)5-11(20-2)13(21-3)12(9)22-7/h5-7H,4H2,1-3H3,(H4,16,17,18,19). The van der Waals surface area contributed by atoms with E-state index in [0.717, 1.165) is 17.5 Å². The van der Waals surface area contributed by atoms with E-state index in [0.29, 0.717) is 28.6 Å². The number of nitrogens with two attached hydrogens (primary N) is 2. The first-order valence-corrected chi connectivity index (χ1v) is 6.88. The first-order chi connectivity index (χ1) is 10.5. The summed E-state index contributed by atoms with van der Waals surface area (Å²) in [4.78, 5) is 8.06. The molecule has 2 heterocycles. The van der Waals surface area contributed by atoms with Crippen molar-refractivity contribution in [2.45, 2.75) is 19.4 Å². The third-order valence-corrected chi connectivity index (χ3v) is 3.67. The minimum Gasteiger partial charge on any atom is -0.493 e. The minimum atomic E-state index is 0.0469. The van der Waals surface area contributed by atoms with Crippen LogP contribution in [0.15, 0.2) is 12.3 Å². The lowest BCUT2D eigenvalue weighted by molar-refractivity contribution is 0.240. The van der Waals surface area contributed by atoms with Gasteiger partial charge < -0.3 is 25.7 Å². The van der Waals surface area contributed by atoms with E-state index in [9.17, 15) is 0 Å². The summed E-state index contributed by atoms with van der Waals surface area (Å²) in [5.41, 5.74) is 14.1. The van der Waals surface area contributed by atoms with E-state index >= 15 is 0 Å². The van der Waals surface area contributed by atoms with Gasteiger partial charge in [0.05, 0.1) is 14.2 Å². The molecule has 7 heteroatoms. The summed E-state index contributed by atoms with van der Waals surface area (Å²) in [5, 5.41) is 0. The summed E-state index contributed by atoms with van der Waals surface area (Å²) in [7, 11) is 3.17. The molecule has 1 aliphatic heterocycles. The number of anilines is 2. The number of nitrogen functional groups attached to an aromatic ring is 2. The molecule has 0 radical (unpaired) electrons. The lowest BCUT2D eigenvalue weighted by Crippen LogP contribution is -2.06. The number of hydrogen-bond donors (Lipinski definition) is 2. The fourth-order valence-electron chi connectivity index (χ4n) is 2.71. The van der Waals surface area contributed by atoms with Crippen LogP contribution in [0.3, 0.4) is 0 Å². The maximum atomic E-state index is 6.00. The molecule has 116 valence electrons. The third kappa shape index (κ3) is 2.14. The molecule has 1 aromatic heterocycles. The van der Waals surface area contributed by atoms with E-state index < -0.39 is 0 Å². The number of nitrogens with zero attached hydrogens (tertiary/aromatic N) is 2. The SMILES string of the molecule is COc1cc(-c2cnc(N)nc2N)c2c(c1OC)OC(C)C2. The van der Waals surface area contributed by atoms with E-state index in [1.165, 1.54) is 0 Å². The van der Waals surface area contributed by atoms with Crippen molar-refractivity contribution in [1.82, 2.24) is 9.97 Å². The molecule has 1 aliphatic rings. The summed E-state index contributed by atoms with van der Waals surface area (Å²) >= 11 is 0. The van der Waals surface area contributed by atoms with Crippen LogP contribution in [0.5, 0.6) is 17.2 Å². The van der Waals surface area contributed by atoms with Crippen LogP contribution < -0.4 is 25.7 Å². The van der Waals surface area contributed by atoms with Crippen molar-refractivity contribution < 1.29 is 14.2 Å². The Morgan fingerprint density at radius 2 is 2.00 bits per heavy atom. The first kappa shape index (κ1) is 14.2. The summed E-state index contributed by atoms with van der Waals surface area (Å²) in [5.74, 6) is 2.30. The Morgan fingerprint density at radius 3 is 2.64 bits per heavy atom. The van der Waals surface area contributed by atoms with Crippen molar-refractivity contribution in [3.63, 3.8) is 0 Å². The predicted octanol–water partition coefficient (Wildman–Crippen LogP) is 1.65. The van der Waals surface area contributed by atoms with Gasteiger partial charge in [0, 0.05) is 23.7 Å². The van der Waals surface area contributed by atoms with Crippen molar-refractivity contribution in [3.8, 4) is 28.4 Å². The molecule has 7 nitrogen and oxygen atoms in total. The summed E-state index contributed by atoms with van der Waals surface area (Å²) in [6.45, 7) is 2.00. The van der Waals surface area contributed by atoms with Crippen LogP contribution >= 0.6 is 0 Å². The van der Waals surface area contributed by atoms with Crippen LogP contribution in [0.2, 0.25) is 0 Å². The second-order valence-corrected chi connectivity index (χ2v) is 5.13. The zero-order chi connectivity index (χ0) is 15.9. The highest BCUT2D eigenvalue weighted by atomic mass is 16.5. The second kappa shape index (κ2) is 5.25. The van der Waals surface area contributed by atoms with Crippen LogP contribution in [0.4, 0.5) is 11.8 Å². The Kier molecular flexibility index (Phi) is 3.40. The highest BCUT2D eigenvalue weighted by molar-refractivity contribution is 5.82. The van der Waals surface area contributed by atoms with Gasteiger partial charge in [-0.1, -0.05) is 0 Å². The summed E-state index contributed by atoms with van der Waals surface area (Å²) in [6, 6.07) is 1.87. The molecule has 3 rings (SSSR count). The highest BCUT2D eigenvalue weighted by Crippen LogP contribution is 2.49. The van der Waals surface area contributed by atoms with Crippen molar-refractivity contribution in [3.05, 3.63) is 17.8 Å². The molecule has 1 unspecified atom stereocenters. The van der Waals surface area contributed by atoms with E-state index in [1.807, 2.05) is 13.0 Å². The van der Waals surface area contributed by atoms with Gasteiger partial charge in [0.2, 0.25) is 11.7 Å². The molecule has 22 heavy (non-hydrogen) atoms. The number of methoxy groups -OCH3 is 2. The smallest absolute Gasteiger partial charge is 0.221 e. The average molecular weight is 302 g/mol. The lowest BCUT2D eigenvalue weighted by atomic mass is 9.97. The zero-order valence-electron chi connectivity index (χ0n) is 12.7. The second-order valence-electron chi connectivity index (χ2n) is 5.13. The molecule has 2 aromatic rings. The van der Waals surface area contributed by atoms with Gasteiger partial charge >= 0.3 is 0 Å². The predicted molar refractivity (Wildman–Crippen MR) is 83.2 cm³/mol. The van der Waals surface area contributed by atoms with Crippen LogP contribution in [0.25, 0.3) is 11.1 Å². The van der Waals surface area contributed by atoms with Crippen LogP contribution in [0.1, 0.15) is 12.5 Å². The quantitative estimate of drug-likeness (QED) is 0.887. The molecule has 0 fully saturated rings. The third-order valence-electron chi connectivity index (χ3n) is 3.67. The Bertz CT molecular complexity index is 733. The van der Waals surface area contributed by atoms with Gasteiger partial charge in [-0.3, -0.25) is 0 Å². The fourth-order valence-corrected chi connectivity index (χ4v) is 2.71. The van der Waals surface area contributed by atoms with Crippen molar-refractivity contribution in [2.75, 3.05) is 25.7 Å². The summed E-state index contributed by atoms with van der Waals surface area (Å²) < 4.78 is 16.7. The Labute approximate surface area is 128 Å². The highest BCUT2D eigenvalue weighted by Gasteiger charge is 2.30. The zero-order valence-corrected chi connectivity index (χ0v) is 12.7. The van der Waals surface area contributed by atoms with E-state index in [2.05, 4.69) is 9.97 Å². The molecule has 1 atom stereocenters. The average Bonchev–Trinajstić information content (AvgIpc) is 2.87. The monoisotopic (exact) mass is 302 g/mol. The van der Waals surface area contributed by atoms with Gasteiger partial charge in [-0.25, -0.2) is 4.98 Å². The Balaban J connectivity index is 2.26. The number of ether oxygens (including phenoxy) is 3. The topological polar surface area (TPSA) is 106 Å². The molecular formula is C15H18N4O3. The number of rotatable bonds is 3. The Morgan fingerprint density at radius 1 is 1.23 bits per heavy atom. The molecule has 1 aromatic carbocycles. The molecule has 0 spiro atoms. The lowest BCUT2D eigenvalue weighted by Gasteiger charge is -2.16. The number of aromatic nitrogens is 2. The van der Waals surface area contributed by atoms with Crippen LogP contribution in [-0.4, -0.2) is 30.3 Å². The molecule has 0 bridgehead atoms. The van der Waals surface area contributed by atoms with Gasteiger partial charge in [-0.05, 0) is 18.6 Å².